The second kappa shape index (κ2) is 7.20. The van der Waals surface area contributed by atoms with Gasteiger partial charge in [0.15, 0.2) is 6.61 Å². The number of carbonyl (C=O) groups is 1. The molecule has 2 heterocycles. The molecule has 0 amide bonds. The molecule has 8 nitrogen and oxygen atoms in total. The predicted octanol–water partition coefficient (Wildman–Crippen LogP) is 2.19. The van der Waals surface area contributed by atoms with Gasteiger partial charge in [-0.3, -0.25) is 14.2 Å². The molecule has 134 valence electrons. The first-order chi connectivity index (χ1) is 13.2. The third-order valence-electron chi connectivity index (χ3n) is 3.90. The highest BCUT2D eigenvalue weighted by atomic mass is 16.6. The quantitative estimate of drug-likeness (QED) is 0.502. The van der Waals surface area contributed by atoms with Crippen molar-refractivity contribution in [1.29, 1.82) is 0 Å². The summed E-state index contributed by atoms with van der Waals surface area (Å²) in [5.41, 5.74) is 1.60. The zero-order valence-corrected chi connectivity index (χ0v) is 14.1. The lowest BCUT2D eigenvalue weighted by molar-refractivity contribution is -0.146. The Hall–Kier alpha value is -3.81. The number of hydrogen-bond acceptors (Lipinski definition) is 7. The Bertz CT molecular complexity index is 1150. The maximum Gasteiger partial charge on any atom is 0.326 e. The van der Waals surface area contributed by atoms with Gasteiger partial charge in [0.25, 0.3) is 11.4 Å². The topological polar surface area (TPSA) is 100 Å². The van der Waals surface area contributed by atoms with Crippen LogP contribution in [-0.4, -0.2) is 25.7 Å². The maximum absolute atomic E-state index is 12.2. The summed E-state index contributed by atoms with van der Waals surface area (Å²) in [6, 6.07) is 16.4. The molecule has 0 radical (unpaired) electrons. The average molecular weight is 362 g/mol. The summed E-state index contributed by atoms with van der Waals surface area (Å²) in [5, 5.41) is 3.86. The fourth-order valence-electron chi connectivity index (χ4n) is 2.61. The van der Waals surface area contributed by atoms with E-state index in [1.807, 2.05) is 36.4 Å². The number of fused-ring (bicyclic) bond motifs is 1. The second-order valence-corrected chi connectivity index (χ2v) is 5.71. The molecule has 0 spiro atoms. The van der Waals surface area contributed by atoms with E-state index in [4.69, 9.17) is 9.26 Å². The summed E-state index contributed by atoms with van der Waals surface area (Å²) in [7, 11) is 0. The van der Waals surface area contributed by atoms with Crippen LogP contribution in [0.5, 0.6) is 0 Å². The average Bonchev–Trinajstić information content (AvgIpc) is 3.18. The van der Waals surface area contributed by atoms with Crippen LogP contribution in [0.4, 0.5) is 0 Å². The summed E-state index contributed by atoms with van der Waals surface area (Å²) in [5.74, 6) is 0.0000433. The van der Waals surface area contributed by atoms with Gasteiger partial charge in [0, 0.05) is 5.56 Å². The van der Waals surface area contributed by atoms with Gasteiger partial charge in [-0.1, -0.05) is 47.6 Å². The molecule has 4 rings (SSSR count). The van der Waals surface area contributed by atoms with E-state index in [0.29, 0.717) is 16.9 Å². The molecule has 0 aliphatic rings. The van der Waals surface area contributed by atoms with Gasteiger partial charge in [-0.05, 0) is 12.1 Å². The Morgan fingerprint density at radius 3 is 2.70 bits per heavy atom. The lowest BCUT2D eigenvalue weighted by Crippen LogP contribution is -2.25. The minimum absolute atomic E-state index is 0.170. The van der Waals surface area contributed by atoms with Crippen LogP contribution in [0.2, 0.25) is 0 Å². The van der Waals surface area contributed by atoms with Crippen molar-refractivity contribution in [1.82, 2.24) is 19.7 Å². The first-order valence-corrected chi connectivity index (χ1v) is 8.19. The lowest BCUT2D eigenvalue weighted by Gasteiger charge is -2.08. The van der Waals surface area contributed by atoms with Crippen LogP contribution >= 0.6 is 0 Å². The van der Waals surface area contributed by atoms with Crippen molar-refractivity contribution in [3.63, 3.8) is 0 Å². The third kappa shape index (κ3) is 3.59. The van der Waals surface area contributed by atoms with E-state index in [0.717, 1.165) is 5.56 Å². The monoisotopic (exact) mass is 362 g/mol. The molecule has 0 unspecified atom stereocenters. The summed E-state index contributed by atoms with van der Waals surface area (Å²) >= 11 is 0. The van der Waals surface area contributed by atoms with E-state index in [2.05, 4.69) is 15.1 Å². The highest BCUT2D eigenvalue weighted by molar-refractivity contribution is 5.77. The molecule has 8 heteroatoms. The van der Waals surface area contributed by atoms with Gasteiger partial charge in [0.05, 0.1) is 17.2 Å². The standard InChI is InChI=1S/C19H14N4O4/c24-17-10-20-14-8-4-5-9-15(14)23(17)11-18(25)26-12-16-21-19(22-27-16)13-6-2-1-3-7-13/h1-10H,11-12H2. The number of rotatable bonds is 5. The molecule has 27 heavy (non-hydrogen) atoms. The summed E-state index contributed by atoms with van der Waals surface area (Å²) in [6.45, 7) is -0.405. The van der Waals surface area contributed by atoms with E-state index in [9.17, 15) is 9.59 Å². The normalized spacial score (nSPS) is 10.8. The Labute approximate surface area is 153 Å². The van der Waals surface area contributed by atoms with Gasteiger partial charge >= 0.3 is 5.97 Å². The minimum atomic E-state index is -0.590. The smallest absolute Gasteiger partial charge is 0.326 e. The number of carbonyl (C=O) groups excluding carboxylic acids is 1. The van der Waals surface area contributed by atoms with E-state index >= 15 is 0 Å². The van der Waals surface area contributed by atoms with Gasteiger partial charge in [-0.2, -0.15) is 4.98 Å². The third-order valence-corrected chi connectivity index (χ3v) is 3.90. The summed E-state index contributed by atoms with van der Waals surface area (Å²) in [6.07, 6.45) is 1.18. The highest BCUT2D eigenvalue weighted by Crippen LogP contribution is 2.15. The minimum Gasteiger partial charge on any atom is -0.454 e. The zero-order valence-electron chi connectivity index (χ0n) is 14.1. The fraction of sp³-hybridized carbons (Fsp3) is 0.105. The molecule has 0 aliphatic heterocycles. The van der Waals surface area contributed by atoms with Crippen LogP contribution < -0.4 is 5.56 Å². The second-order valence-electron chi connectivity index (χ2n) is 5.71. The summed E-state index contributed by atoms with van der Waals surface area (Å²) in [4.78, 5) is 32.5. The molecular weight excluding hydrogens is 348 g/mol. The zero-order chi connectivity index (χ0) is 18.6. The Morgan fingerprint density at radius 2 is 1.85 bits per heavy atom. The molecule has 0 saturated heterocycles. The largest absolute Gasteiger partial charge is 0.454 e. The molecule has 0 N–H and O–H groups in total. The lowest BCUT2D eigenvalue weighted by atomic mass is 10.2. The molecule has 0 atom stereocenters. The Balaban J connectivity index is 1.45. The van der Waals surface area contributed by atoms with E-state index in [1.54, 1.807) is 18.2 Å². The SMILES string of the molecule is O=C(Cn1c(=O)cnc2ccccc21)OCc1nc(-c2ccccc2)no1. The molecular formula is C19H14N4O4. The Morgan fingerprint density at radius 1 is 1.07 bits per heavy atom. The van der Waals surface area contributed by atoms with Gasteiger partial charge in [0.2, 0.25) is 5.82 Å². The molecule has 0 aliphatic carbocycles. The number of nitrogens with zero attached hydrogens (tertiary/aromatic N) is 4. The van der Waals surface area contributed by atoms with Crippen molar-refractivity contribution in [3.8, 4) is 11.4 Å². The van der Waals surface area contributed by atoms with Crippen molar-refractivity contribution < 1.29 is 14.1 Å². The van der Waals surface area contributed by atoms with Crippen molar-refractivity contribution in [2.75, 3.05) is 0 Å². The predicted molar refractivity (Wildman–Crippen MR) is 95.5 cm³/mol. The molecule has 4 aromatic rings. The van der Waals surface area contributed by atoms with Crippen LogP contribution in [0, 0.1) is 0 Å². The molecule has 0 saturated carbocycles. The first kappa shape index (κ1) is 16.6. The van der Waals surface area contributed by atoms with Gasteiger partial charge in [-0.15, -0.1) is 0 Å². The van der Waals surface area contributed by atoms with E-state index in [-0.39, 0.29) is 24.6 Å². The molecule has 2 aromatic heterocycles. The van der Waals surface area contributed by atoms with Gasteiger partial charge in [-0.25, -0.2) is 4.98 Å². The van der Waals surface area contributed by atoms with Crippen LogP contribution in [0.25, 0.3) is 22.4 Å². The number of para-hydroxylation sites is 2. The van der Waals surface area contributed by atoms with Crippen LogP contribution in [-0.2, 0) is 22.7 Å². The summed E-state index contributed by atoms with van der Waals surface area (Å²) < 4.78 is 11.6. The van der Waals surface area contributed by atoms with Crippen molar-refractivity contribution in [2.24, 2.45) is 0 Å². The van der Waals surface area contributed by atoms with Gasteiger partial charge in [0.1, 0.15) is 6.54 Å². The van der Waals surface area contributed by atoms with Crippen molar-refractivity contribution in [3.05, 3.63) is 77.0 Å². The number of aromatic nitrogens is 4. The Kier molecular flexibility index (Phi) is 4.44. The van der Waals surface area contributed by atoms with E-state index < -0.39 is 5.97 Å². The molecule has 0 bridgehead atoms. The molecule has 0 fully saturated rings. The first-order valence-electron chi connectivity index (χ1n) is 8.19. The number of benzene rings is 2. The maximum atomic E-state index is 12.2. The number of hydrogen-bond donors (Lipinski definition) is 0. The molecule has 2 aromatic carbocycles. The van der Waals surface area contributed by atoms with E-state index in [1.165, 1.54) is 10.8 Å². The van der Waals surface area contributed by atoms with Crippen LogP contribution in [0.15, 0.2) is 70.1 Å². The van der Waals surface area contributed by atoms with Crippen molar-refractivity contribution in [2.45, 2.75) is 13.2 Å². The van der Waals surface area contributed by atoms with Crippen molar-refractivity contribution >= 4 is 17.0 Å². The number of ether oxygens (including phenoxy) is 1. The number of esters is 1. The fourth-order valence-corrected chi connectivity index (χ4v) is 2.61. The van der Waals surface area contributed by atoms with Gasteiger partial charge < -0.3 is 9.26 Å². The highest BCUT2D eigenvalue weighted by Gasteiger charge is 2.13. The van der Waals surface area contributed by atoms with Crippen LogP contribution in [0.1, 0.15) is 5.89 Å². The van der Waals surface area contributed by atoms with Crippen LogP contribution in [0.3, 0.4) is 0 Å².